The summed E-state index contributed by atoms with van der Waals surface area (Å²) in [5.74, 6) is -0.0736. The molecule has 0 spiro atoms. The first kappa shape index (κ1) is 56.4. The monoisotopic (exact) mass is 812 g/mol. The van der Waals surface area contributed by atoms with Gasteiger partial charge in [0, 0.05) is 6.42 Å². The van der Waals surface area contributed by atoms with Crippen LogP contribution in [0, 0.1) is 0 Å². The molecule has 0 aromatic rings. The van der Waals surface area contributed by atoms with Crippen LogP contribution in [0.2, 0.25) is 0 Å². The molecule has 0 saturated heterocycles. The zero-order valence-corrected chi connectivity index (χ0v) is 39.1. The molecule has 4 heteroatoms. The molecule has 0 aromatic carbocycles. The number of hydrogen-bond donors (Lipinski definition) is 3. The van der Waals surface area contributed by atoms with Crippen LogP contribution in [0.5, 0.6) is 0 Å². The van der Waals surface area contributed by atoms with Crippen LogP contribution in [0.25, 0.3) is 0 Å². The SMILES string of the molecule is CCCCC/C=C/CC/C=C/C(O)C(CO)NC(=O)CCCCCCCCCCCCCCCCCCCCCCCCCCC/C=C\C/C=C\CCCCCCC. The number of amides is 1. The molecular weight excluding hydrogens is 711 g/mol. The summed E-state index contributed by atoms with van der Waals surface area (Å²) in [7, 11) is 0. The van der Waals surface area contributed by atoms with E-state index in [-0.39, 0.29) is 12.5 Å². The zero-order chi connectivity index (χ0) is 42.1. The Kier molecular flexibility index (Phi) is 48.3. The molecule has 340 valence electrons. The Morgan fingerprint density at radius 1 is 0.414 bits per heavy atom. The molecule has 0 fully saturated rings. The third kappa shape index (κ3) is 45.4. The van der Waals surface area contributed by atoms with E-state index in [1.165, 1.54) is 212 Å². The van der Waals surface area contributed by atoms with Crippen LogP contribution in [0.1, 0.15) is 271 Å². The fraction of sp³-hybridized carbons (Fsp3) is 0.833. The van der Waals surface area contributed by atoms with Crippen LogP contribution in [-0.2, 0) is 4.79 Å². The lowest BCUT2D eigenvalue weighted by Crippen LogP contribution is -2.45. The molecule has 2 atom stereocenters. The molecule has 0 aliphatic heterocycles. The third-order valence-electron chi connectivity index (χ3n) is 11.8. The fourth-order valence-electron chi connectivity index (χ4n) is 7.81. The van der Waals surface area contributed by atoms with E-state index in [0.29, 0.717) is 6.42 Å². The molecule has 4 nitrogen and oxygen atoms in total. The highest BCUT2D eigenvalue weighted by molar-refractivity contribution is 5.76. The molecule has 0 heterocycles. The largest absolute Gasteiger partial charge is 0.394 e. The van der Waals surface area contributed by atoms with Crippen LogP contribution < -0.4 is 5.32 Å². The molecule has 1 amide bonds. The lowest BCUT2D eigenvalue weighted by Gasteiger charge is -2.19. The van der Waals surface area contributed by atoms with E-state index < -0.39 is 12.1 Å². The molecule has 0 aliphatic carbocycles. The lowest BCUT2D eigenvalue weighted by atomic mass is 10.0. The standard InChI is InChI=1S/C54H101NO3/c1-3-5-7-9-11-13-14-15-16-17-18-19-20-21-22-23-24-25-26-27-28-29-30-31-32-33-34-35-36-37-38-39-40-42-44-46-48-50-54(58)55-52(51-56)53(57)49-47-45-43-41-12-10-8-6-4-2/h12,14-15,17-18,41,47,49,52-53,56-57H,3-11,13,16,19-40,42-46,48,50-51H2,1-2H3,(H,55,58)/b15-14-,18-17-,41-12+,49-47+. The van der Waals surface area contributed by atoms with Gasteiger partial charge in [-0.3, -0.25) is 4.79 Å². The summed E-state index contributed by atoms with van der Waals surface area (Å²) in [6, 6.07) is -0.635. The third-order valence-corrected chi connectivity index (χ3v) is 11.8. The number of carbonyl (C=O) groups excluding carboxylic acids is 1. The number of aliphatic hydroxyl groups excluding tert-OH is 2. The normalized spacial score (nSPS) is 13.2. The van der Waals surface area contributed by atoms with Gasteiger partial charge in [0.15, 0.2) is 0 Å². The summed E-state index contributed by atoms with van der Waals surface area (Å²) >= 11 is 0. The molecule has 0 aliphatic rings. The molecule has 0 bridgehead atoms. The number of nitrogens with one attached hydrogen (secondary N) is 1. The van der Waals surface area contributed by atoms with Gasteiger partial charge in [0.05, 0.1) is 18.8 Å². The second-order valence-corrected chi connectivity index (χ2v) is 17.6. The highest BCUT2D eigenvalue weighted by Gasteiger charge is 2.17. The molecule has 3 N–H and O–H groups in total. The summed E-state index contributed by atoms with van der Waals surface area (Å²) < 4.78 is 0. The van der Waals surface area contributed by atoms with Crippen LogP contribution in [0.15, 0.2) is 48.6 Å². The van der Waals surface area contributed by atoms with Gasteiger partial charge in [-0.25, -0.2) is 0 Å². The predicted molar refractivity (Wildman–Crippen MR) is 258 cm³/mol. The van der Waals surface area contributed by atoms with Crippen molar-refractivity contribution in [3.8, 4) is 0 Å². The van der Waals surface area contributed by atoms with Crippen LogP contribution in [-0.4, -0.2) is 34.9 Å². The summed E-state index contributed by atoms with van der Waals surface area (Å²) in [5, 5.41) is 22.9. The molecule has 0 aromatic heterocycles. The summed E-state index contributed by atoms with van der Waals surface area (Å²) in [6.07, 6.45) is 68.6. The van der Waals surface area contributed by atoms with Gasteiger partial charge in [-0.2, -0.15) is 0 Å². The molecular formula is C54H101NO3. The lowest BCUT2D eigenvalue weighted by molar-refractivity contribution is -0.123. The predicted octanol–water partition coefficient (Wildman–Crippen LogP) is 16.7. The smallest absolute Gasteiger partial charge is 0.220 e. The van der Waals surface area contributed by atoms with Crippen molar-refractivity contribution in [2.24, 2.45) is 0 Å². The van der Waals surface area contributed by atoms with Gasteiger partial charge in [0.25, 0.3) is 0 Å². The Morgan fingerprint density at radius 2 is 0.724 bits per heavy atom. The zero-order valence-electron chi connectivity index (χ0n) is 39.1. The van der Waals surface area contributed by atoms with Crippen molar-refractivity contribution in [2.75, 3.05) is 6.61 Å². The quantitative estimate of drug-likeness (QED) is 0.0423. The van der Waals surface area contributed by atoms with Crippen molar-refractivity contribution in [3.05, 3.63) is 48.6 Å². The Hall–Kier alpha value is -1.65. The van der Waals surface area contributed by atoms with Crippen molar-refractivity contribution in [2.45, 2.75) is 283 Å². The van der Waals surface area contributed by atoms with Crippen LogP contribution in [0.3, 0.4) is 0 Å². The Morgan fingerprint density at radius 3 is 1.14 bits per heavy atom. The highest BCUT2D eigenvalue weighted by atomic mass is 16.3. The number of rotatable bonds is 47. The minimum atomic E-state index is -0.858. The first-order valence-corrected chi connectivity index (χ1v) is 25.9. The number of carbonyl (C=O) groups is 1. The molecule has 58 heavy (non-hydrogen) atoms. The summed E-state index contributed by atoms with van der Waals surface area (Å²) in [6.45, 7) is 4.24. The first-order chi connectivity index (χ1) is 28.7. The molecule has 0 radical (unpaired) electrons. The van der Waals surface area contributed by atoms with E-state index in [0.717, 1.165) is 38.5 Å². The second kappa shape index (κ2) is 49.7. The van der Waals surface area contributed by atoms with Crippen molar-refractivity contribution in [1.29, 1.82) is 0 Å². The number of unbranched alkanes of at least 4 members (excludes halogenated alkanes) is 34. The number of aliphatic hydroxyl groups is 2. The summed E-state index contributed by atoms with van der Waals surface area (Å²) in [4.78, 5) is 12.4. The maximum Gasteiger partial charge on any atom is 0.220 e. The van der Waals surface area contributed by atoms with Crippen LogP contribution in [0.4, 0.5) is 0 Å². The molecule has 2 unspecified atom stereocenters. The molecule has 0 rings (SSSR count). The number of allylic oxidation sites excluding steroid dienone is 7. The van der Waals surface area contributed by atoms with Gasteiger partial charge in [0.1, 0.15) is 0 Å². The number of hydrogen-bond acceptors (Lipinski definition) is 3. The van der Waals surface area contributed by atoms with E-state index in [2.05, 4.69) is 55.6 Å². The minimum Gasteiger partial charge on any atom is -0.394 e. The van der Waals surface area contributed by atoms with Crippen molar-refractivity contribution in [1.82, 2.24) is 5.32 Å². The topological polar surface area (TPSA) is 69.6 Å². The van der Waals surface area contributed by atoms with Gasteiger partial charge >= 0.3 is 0 Å². The Balaban J connectivity index is 3.37. The first-order valence-electron chi connectivity index (χ1n) is 25.9. The summed E-state index contributed by atoms with van der Waals surface area (Å²) in [5.41, 5.74) is 0. The Bertz CT molecular complexity index is 923. The maximum atomic E-state index is 12.4. The van der Waals surface area contributed by atoms with E-state index in [1.54, 1.807) is 6.08 Å². The van der Waals surface area contributed by atoms with E-state index >= 15 is 0 Å². The Labute approximate surface area is 363 Å². The van der Waals surface area contributed by atoms with Gasteiger partial charge in [-0.05, 0) is 64.2 Å². The van der Waals surface area contributed by atoms with Crippen molar-refractivity contribution >= 4 is 5.91 Å². The van der Waals surface area contributed by atoms with Crippen molar-refractivity contribution in [3.63, 3.8) is 0 Å². The van der Waals surface area contributed by atoms with E-state index in [1.807, 2.05) is 6.08 Å². The van der Waals surface area contributed by atoms with Crippen molar-refractivity contribution < 1.29 is 15.0 Å². The maximum absolute atomic E-state index is 12.4. The minimum absolute atomic E-state index is 0.0736. The van der Waals surface area contributed by atoms with Gasteiger partial charge < -0.3 is 15.5 Å². The highest BCUT2D eigenvalue weighted by Crippen LogP contribution is 2.17. The van der Waals surface area contributed by atoms with E-state index in [4.69, 9.17) is 0 Å². The van der Waals surface area contributed by atoms with Crippen LogP contribution >= 0.6 is 0 Å². The average Bonchev–Trinajstić information content (AvgIpc) is 3.23. The average molecular weight is 812 g/mol. The van der Waals surface area contributed by atoms with Gasteiger partial charge in [-0.1, -0.05) is 249 Å². The van der Waals surface area contributed by atoms with Gasteiger partial charge in [-0.15, -0.1) is 0 Å². The fourth-order valence-corrected chi connectivity index (χ4v) is 7.81. The van der Waals surface area contributed by atoms with Gasteiger partial charge in [0.2, 0.25) is 5.91 Å². The van der Waals surface area contributed by atoms with E-state index in [9.17, 15) is 15.0 Å². The second-order valence-electron chi connectivity index (χ2n) is 17.6. The molecule has 0 saturated carbocycles.